The van der Waals surface area contributed by atoms with Crippen molar-refractivity contribution in [1.29, 1.82) is 0 Å². The molecular formula is C18H19NO. The number of amides is 1. The summed E-state index contributed by atoms with van der Waals surface area (Å²) in [6.45, 7) is 2.09. The Kier molecular flexibility index (Phi) is 3.55. The zero-order chi connectivity index (χ0) is 13.9. The molecule has 1 saturated carbocycles. The average molecular weight is 265 g/mol. The smallest absolute Gasteiger partial charge is 0.251 e. The Morgan fingerprint density at radius 1 is 1.00 bits per heavy atom. The molecule has 0 aromatic heterocycles. The van der Waals surface area contributed by atoms with E-state index in [9.17, 15) is 4.79 Å². The minimum atomic E-state index is 0.0315. The van der Waals surface area contributed by atoms with E-state index in [1.165, 1.54) is 18.4 Å². The molecule has 1 N–H and O–H groups in total. The fourth-order valence-electron chi connectivity index (χ4n) is 2.45. The van der Waals surface area contributed by atoms with Gasteiger partial charge in [-0.05, 0) is 48.9 Å². The molecule has 2 aromatic rings. The Balaban J connectivity index is 1.71. The standard InChI is InChI=1S/C18H19NO/c1-13(14-7-8-14)19-18(20)17-11-9-16(10-12-17)15-5-3-2-4-6-15/h2-6,9-14H,7-8H2,1H3,(H,19,20)/t13-/m0/s1. The van der Waals surface area contributed by atoms with Gasteiger partial charge in [-0.25, -0.2) is 0 Å². The highest BCUT2D eigenvalue weighted by atomic mass is 16.1. The van der Waals surface area contributed by atoms with E-state index in [1.54, 1.807) is 0 Å². The van der Waals surface area contributed by atoms with E-state index < -0.39 is 0 Å². The molecule has 1 atom stereocenters. The Bertz CT molecular complexity index is 585. The van der Waals surface area contributed by atoms with E-state index in [1.807, 2.05) is 42.5 Å². The van der Waals surface area contributed by atoms with Gasteiger partial charge in [-0.15, -0.1) is 0 Å². The molecule has 0 heterocycles. The SMILES string of the molecule is C[C@H](NC(=O)c1ccc(-c2ccccc2)cc1)C1CC1. The van der Waals surface area contributed by atoms with Crippen LogP contribution in [0.1, 0.15) is 30.1 Å². The molecule has 0 saturated heterocycles. The minimum Gasteiger partial charge on any atom is -0.349 e. The third-order valence-corrected chi connectivity index (χ3v) is 3.94. The van der Waals surface area contributed by atoms with Gasteiger partial charge in [-0.1, -0.05) is 42.5 Å². The molecule has 1 aliphatic rings. The highest BCUT2D eigenvalue weighted by molar-refractivity contribution is 5.94. The summed E-state index contributed by atoms with van der Waals surface area (Å²) < 4.78 is 0. The Labute approximate surface area is 119 Å². The number of rotatable bonds is 4. The zero-order valence-electron chi connectivity index (χ0n) is 11.7. The lowest BCUT2D eigenvalue weighted by Gasteiger charge is -2.13. The van der Waals surface area contributed by atoms with Crippen LogP contribution in [0.15, 0.2) is 54.6 Å². The maximum atomic E-state index is 12.1. The molecular weight excluding hydrogens is 246 g/mol. The van der Waals surface area contributed by atoms with Gasteiger partial charge in [-0.2, -0.15) is 0 Å². The normalized spacial score (nSPS) is 15.7. The lowest BCUT2D eigenvalue weighted by molar-refractivity contribution is 0.0936. The Hall–Kier alpha value is -2.09. The first-order valence-corrected chi connectivity index (χ1v) is 7.20. The summed E-state index contributed by atoms with van der Waals surface area (Å²) >= 11 is 0. The van der Waals surface area contributed by atoms with E-state index in [0.717, 1.165) is 11.1 Å². The molecule has 0 radical (unpaired) electrons. The number of carbonyl (C=O) groups excluding carboxylic acids is 1. The van der Waals surface area contributed by atoms with Gasteiger partial charge in [0, 0.05) is 11.6 Å². The van der Waals surface area contributed by atoms with Crippen LogP contribution in [0, 0.1) is 5.92 Å². The number of carbonyl (C=O) groups is 1. The molecule has 20 heavy (non-hydrogen) atoms. The van der Waals surface area contributed by atoms with Gasteiger partial charge < -0.3 is 5.32 Å². The van der Waals surface area contributed by atoms with Crippen molar-refractivity contribution >= 4 is 5.91 Å². The van der Waals surface area contributed by atoms with Crippen LogP contribution in [0.5, 0.6) is 0 Å². The molecule has 2 nitrogen and oxygen atoms in total. The van der Waals surface area contributed by atoms with Crippen LogP contribution in [-0.4, -0.2) is 11.9 Å². The van der Waals surface area contributed by atoms with Gasteiger partial charge in [0.2, 0.25) is 0 Å². The fraction of sp³-hybridized carbons (Fsp3) is 0.278. The predicted molar refractivity (Wildman–Crippen MR) is 81.5 cm³/mol. The van der Waals surface area contributed by atoms with Crippen molar-refractivity contribution in [3.8, 4) is 11.1 Å². The van der Waals surface area contributed by atoms with Crippen LogP contribution in [0.3, 0.4) is 0 Å². The first-order valence-electron chi connectivity index (χ1n) is 7.20. The number of nitrogens with one attached hydrogen (secondary N) is 1. The van der Waals surface area contributed by atoms with Gasteiger partial charge in [0.05, 0.1) is 0 Å². The first-order chi connectivity index (χ1) is 9.74. The molecule has 1 amide bonds. The quantitative estimate of drug-likeness (QED) is 0.893. The van der Waals surface area contributed by atoms with E-state index in [0.29, 0.717) is 5.92 Å². The van der Waals surface area contributed by atoms with Crippen molar-refractivity contribution in [1.82, 2.24) is 5.32 Å². The maximum absolute atomic E-state index is 12.1. The average Bonchev–Trinajstić information content (AvgIpc) is 3.33. The van der Waals surface area contributed by atoms with Gasteiger partial charge in [-0.3, -0.25) is 4.79 Å². The Morgan fingerprint density at radius 2 is 1.60 bits per heavy atom. The van der Waals surface area contributed by atoms with Gasteiger partial charge in [0.1, 0.15) is 0 Å². The van der Waals surface area contributed by atoms with Crippen LogP contribution >= 0.6 is 0 Å². The third kappa shape index (κ3) is 2.90. The van der Waals surface area contributed by atoms with E-state index in [2.05, 4.69) is 24.4 Å². The second kappa shape index (κ2) is 5.49. The predicted octanol–water partition coefficient (Wildman–Crippen LogP) is 3.88. The van der Waals surface area contributed by atoms with Crippen LogP contribution in [-0.2, 0) is 0 Å². The van der Waals surface area contributed by atoms with Crippen molar-refractivity contribution in [3.63, 3.8) is 0 Å². The largest absolute Gasteiger partial charge is 0.349 e. The minimum absolute atomic E-state index is 0.0315. The molecule has 1 aliphatic carbocycles. The monoisotopic (exact) mass is 265 g/mol. The highest BCUT2D eigenvalue weighted by Crippen LogP contribution is 2.32. The molecule has 3 rings (SSSR count). The molecule has 0 aliphatic heterocycles. The van der Waals surface area contributed by atoms with Crippen LogP contribution in [0.25, 0.3) is 11.1 Å². The molecule has 0 unspecified atom stereocenters. The molecule has 0 bridgehead atoms. The van der Waals surface area contributed by atoms with E-state index >= 15 is 0 Å². The van der Waals surface area contributed by atoms with Crippen LogP contribution in [0.2, 0.25) is 0 Å². The highest BCUT2D eigenvalue weighted by Gasteiger charge is 2.28. The molecule has 102 valence electrons. The third-order valence-electron chi connectivity index (χ3n) is 3.94. The topological polar surface area (TPSA) is 29.1 Å². The summed E-state index contributed by atoms with van der Waals surface area (Å²) in [4.78, 5) is 12.1. The zero-order valence-corrected chi connectivity index (χ0v) is 11.7. The molecule has 1 fully saturated rings. The molecule has 2 aromatic carbocycles. The van der Waals surface area contributed by atoms with Crippen LogP contribution in [0.4, 0.5) is 0 Å². The summed E-state index contributed by atoms with van der Waals surface area (Å²) in [5, 5.41) is 3.08. The molecule has 0 spiro atoms. The summed E-state index contributed by atoms with van der Waals surface area (Å²) in [7, 11) is 0. The van der Waals surface area contributed by atoms with Crippen molar-refractivity contribution in [2.24, 2.45) is 5.92 Å². The van der Waals surface area contributed by atoms with Crippen LogP contribution < -0.4 is 5.32 Å². The lowest BCUT2D eigenvalue weighted by atomic mass is 10.0. The number of hydrogen-bond donors (Lipinski definition) is 1. The van der Waals surface area contributed by atoms with Gasteiger partial charge in [0.15, 0.2) is 0 Å². The van der Waals surface area contributed by atoms with Crippen molar-refractivity contribution in [2.75, 3.05) is 0 Å². The first kappa shape index (κ1) is 12.9. The number of hydrogen-bond acceptors (Lipinski definition) is 1. The second-order valence-electron chi connectivity index (χ2n) is 5.54. The van der Waals surface area contributed by atoms with E-state index in [4.69, 9.17) is 0 Å². The van der Waals surface area contributed by atoms with Crippen molar-refractivity contribution < 1.29 is 4.79 Å². The summed E-state index contributed by atoms with van der Waals surface area (Å²) in [5.41, 5.74) is 3.04. The molecule has 2 heteroatoms. The van der Waals surface area contributed by atoms with E-state index in [-0.39, 0.29) is 11.9 Å². The number of benzene rings is 2. The van der Waals surface area contributed by atoms with Gasteiger partial charge in [0.25, 0.3) is 5.91 Å². The summed E-state index contributed by atoms with van der Waals surface area (Å²) in [6.07, 6.45) is 2.49. The maximum Gasteiger partial charge on any atom is 0.251 e. The second-order valence-corrected chi connectivity index (χ2v) is 5.54. The summed E-state index contributed by atoms with van der Waals surface area (Å²) in [6, 6.07) is 18.3. The summed E-state index contributed by atoms with van der Waals surface area (Å²) in [5.74, 6) is 0.714. The lowest BCUT2D eigenvalue weighted by Crippen LogP contribution is -2.33. The van der Waals surface area contributed by atoms with Crippen molar-refractivity contribution in [3.05, 3.63) is 60.2 Å². The van der Waals surface area contributed by atoms with Crippen molar-refractivity contribution in [2.45, 2.75) is 25.8 Å². The Morgan fingerprint density at radius 3 is 2.20 bits per heavy atom. The van der Waals surface area contributed by atoms with Gasteiger partial charge >= 0.3 is 0 Å². The fourth-order valence-corrected chi connectivity index (χ4v) is 2.45.